The molecule has 1 saturated carbocycles. The smallest absolute Gasteiger partial charge is 0.174 e. The number of fused-ring (bicyclic) bond motifs is 3. The van der Waals surface area contributed by atoms with Crippen LogP contribution in [0.1, 0.15) is 41.6 Å². The first-order chi connectivity index (χ1) is 18.2. The number of para-hydroxylation sites is 3. The summed E-state index contributed by atoms with van der Waals surface area (Å²) in [6.07, 6.45) is 2.86. The Balaban J connectivity index is 1.21. The number of nitrogens with one attached hydrogen (secondary N) is 2. The maximum absolute atomic E-state index is 13.7. The lowest BCUT2D eigenvalue weighted by Crippen LogP contribution is -2.38. The number of aromatic nitrogens is 4. The van der Waals surface area contributed by atoms with E-state index < -0.39 is 0 Å². The third kappa shape index (κ3) is 3.77. The number of aliphatic imine (C=N–C) groups is 1. The first-order valence-electron chi connectivity index (χ1n) is 12.2. The molecule has 0 radical (unpaired) electrons. The molecule has 0 amide bonds. The maximum Gasteiger partial charge on any atom is 0.174 e. The molecule has 0 bridgehead atoms. The zero-order valence-corrected chi connectivity index (χ0v) is 20.8. The fourth-order valence-corrected chi connectivity index (χ4v) is 6.37. The number of Topliss-reactive ketones (excluding diaryl/α,β-unsaturated/α-hetero) is 1. The number of H-pyrrole nitrogens is 2. The number of carbonyl (C=O) groups is 1. The van der Waals surface area contributed by atoms with Gasteiger partial charge in [0.25, 0.3) is 0 Å². The number of nitrogens with zero attached hydrogens (tertiary/aromatic N) is 3. The van der Waals surface area contributed by atoms with Crippen LogP contribution in [-0.2, 0) is 4.79 Å². The molecule has 4 heterocycles. The largest absolute Gasteiger partial charge is 0.496 e. The van der Waals surface area contributed by atoms with Crippen LogP contribution >= 0.6 is 11.8 Å². The first kappa shape index (κ1) is 22.1. The highest BCUT2D eigenvalue weighted by atomic mass is 32.2. The molecule has 2 aromatic carbocycles. The normalized spacial score (nSPS) is 20.9. The molecule has 0 saturated heterocycles. The summed E-state index contributed by atoms with van der Waals surface area (Å²) in [7, 11) is 1.66. The van der Waals surface area contributed by atoms with Gasteiger partial charge < -0.3 is 14.1 Å². The van der Waals surface area contributed by atoms with Crippen molar-refractivity contribution in [1.29, 1.82) is 0 Å². The standard InChI is InChI=1S/C28H23N5O3S/c1-35-22-9-5-2-6-16(22)15-12-20-26(21(34)13-15)25(17-14-29-33-27(17)30-20)23-10-11-24(36-23)37-28-31-18-7-3-4-8-19(18)32-28/h2-11,14-15,25-26H,12-13H2,1H3,(H,29,33)(H,31,32). The molecule has 3 unspecified atom stereocenters. The van der Waals surface area contributed by atoms with Gasteiger partial charge in [-0.05, 0) is 60.0 Å². The molecule has 8 nitrogen and oxygen atoms in total. The van der Waals surface area contributed by atoms with Gasteiger partial charge in [0.2, 0.25) is 0 Å². The van der Waals surface area contributed by atoms with Crippen LogP contribution in [0.2, 0.25) is 0 Å². The summed E-state index contributed by atoms with van der Waals surface area (Å²) < 4.78 is 11.9. The van der Waals surface area contributed by atoms with Gasteiger partial charge in [0.1, 0.15) is 17.3 Å². The lowest BCUT2D eigenvalue weighted by atomic mass is 9.68. The number of hydrogen-bond donors (Lipinski definition) is 2. The number of ketones is 1. The highest BCUT2D eigenvalue weighted by molar-refractivity contribution is 7.99. The van der Waals surface area contributed by atoms with Gasteiger partial charge in [-0.25, -0.2) is 9.98 Å². The summed E-state index contributed by atoms with van der Waals surface area (Å²) in [6, 6.07) is 19.7. The average molecular weight is 510 g/mol. The minimum atomic E-state index is -0.383. The van der Waals surface area contributed by atoms with Crippen molar-refractivity contribution in [2.24, 2.45) is 10.9 Å². The predicted molar refractivity (Wildman–Crippen MR) is 140 cm³/mol. The molecule has 1 aliphatic carbocycles. The molecule has 2 N–H and O–H groups in total. The summed E-state index contributed by atoms with van der Waals surface area (Å²) in [5, 5.41) is 8.71. The minimum Gasteiger partial charge on any atom is -0.496 e. The summed E-state index contributed by atoms with van der Waals surface area (Å²) in [5.41, 5.74) is 4.66. The van der Waals surface area contributed by atoms with Crippen LogP contribution in [0.5, 0.6) is 5.75 Å². The highest BCUT2D eigenvalue weighted by Gasteiger charge is 2.45. The number of hydrogen-bond acceptors (Lipinski definition) is 7. The topological polar surface area (TPSA) is 109 Å². The molecule has 37 heavy (non-hydrogen) atoms. The zero-order chi connectivity index (χ0) is 24.9. The van der Waals surface area contributed by atoms with Crippen molar-refractivity contribution in [1.82, 2.24) is 20.2 Å². The number of rotatable bonds is 5. The van der Waals surface area contributed by atoms with Crippen LogP contribution in [-0.4, -0.2) is 38.8 Å². The van der Waals surface area contributed by atoms with E-state index in [-0.39, 0.29) is 23.5 Å². The number of ether oxygens (including phenoxy) is 1. The van der Waals surface area contributed by atoms with Crippen molar-refractivity contribution in [3.8, 4) is 5.75 Å². The molecule has 1 aliphatic heterocycles. The minimum absolute atomic E-state index is 0.0135. The molecule has 184 valence electrons. The molecule has 5 aromatic rings. The van der Waals surface area contributed by atoms with Crippen molar-refractivity contribution in [2.75, 3.05) is 7.11 Å². The van der Waals surface area contributed by atoms with Gasteiger partial charge in [0.15, 0.2) is 16.1 Å². The third-order valence-electron chi connectivity index (χ3n) is 7.23. The first-order valence-corrected chi connectivity index (χ1v) is 13.0. The quantitative estimate of drug-likeness (QED) is 0.300. The molecule has 7 rings (SSSR count). The Morgan fingerprint density at radius 3 is 2.76 bits per heavy atom. The van der Waals surface area contributed by atoms with Crippen molar-refractivity contribution < 1.29 is 13.9 Å². The van der Waals surface area contributed by atoms with Crippen LogP contribution in [0, 0.1) is 5.92 Å². The predicted octanol–water partition coefficient (Wildman–Crippen LogP) is 6.02. The summed E-state index contributed by atoms with van der Waals surface area (Å²) in [4.78, 5) is 26.5. The van der Waals surface area contributed by atoms with Crippen molar-refractivity contribution in [3.05, 3.63) is 83.7 Å². The lowest BCUT2D eigenvalue weighted by molar-refractivity contribution is -0.122. The van der Waals surface area contributed by atoms with E-state index in [1.807, 2.05) is 60.7 Å². The number of carbonyl (C=O) groups excluding carboxylic acids is 1. The molecule has 9 heteroatoms. The van der Waals surface area contributed by atoms with Crippen molar-refractivity contribution in [2.45, 2.75) is 34.9 Å². The number of imidazole rings is 1. The molecule has 2 aliphatic rings. The molecule has 3 atom stereocenters. The van der Waals surface area contributed by atoms with Gasteiger partial charge in [-0.1, -0.05) is 30.3 Å². The Hall–Kier alpha value is -4.11. The lowest BCUT2D eigenvalue weighted by Gasteiger charge is -2.36. The van der Waals surface area contributed by atoms with Crippen LogP contribution in [0.3, 0.4) is 0 Å². The Labute approximate surface area is 216 Å². The van der Waals surface area contributed by atoms with E-state index in [1.54, 1.807) is 13.3 Å². The van der Waals surface area contributed by atoms with Gasteiger partial charge >= 0.3 is 0 Å². The second-order valence-electron chi connectivity index (χ2n) is 9.36. The van der Waals surface area contributed by atoms with Crippen LogP contribution in [0.15, 0.2) is 86.5 Å². The molecular weight excluding hydrogens is 486 g/mol. The van der Waals surface area contributed by atoms with E-state index in [4.69, 9.17) is 14.1 Å². The number of furan rings is 1. The van der Waals surface area contributed by atoms with E-state index >= 15 is 0 Å². The second-order valence-corrected chi connectivity index (χ2v) is 10.4. The van der Waals surface area contributed by atoms with Gasteiger partial charge in [-0.3, -0.25) is 9.89 Å². The number of methoxy groups -OCH3 is 1. The Bertz CT molecular complexity index is 1630. The fraction of sp³-hybridized carbons (Fsp3) is 0.214. The molecule has 0 spiro atoms. The van der Waals surface area contributed by atoms with Crippen molar-refractivity contribution >= 4 is 40.1 Å². The average Bonchev–Trinajstić information content (AvgIpc) is 3.67. The second kappa shape index (κ2) is 8.77. The molecule has 1 fully saturated rings. The van der Waals surface area contributed by atoms with Gasteiger partial charge in [-0.15, -0.1) is 0 Å². The Kier molecular flexibility index (Phi) is 5.24. The van der Waals surface area contributed by atoms with Crippen molar-refractivity contribution in [3.63, 3.8) is 0 Å². The van der Waals surface area contributed by atoms with E-state index in [0.29, 0.717) is 23.8 Å². The van der Waals surface area contributed by atoms with E-state index in [1.165, 1.54) is 11.8 Å². The van der Waals surface area contributed by atoms with E-state index in [9.17, 15) is 4.79 Å². The fourth-order valence-electron chi connectivity index (χ4n) is 5.60. The highest BCUT2D eigenvalue weighted by Crippen LogP contribution is 2.49. The summed E-state index contributed by atoms with van der Waals surface area (Å²) >= 11 is 1.43. The van der Waals surface area contributed by atoms with Gasteiger partial charge in [-0.2, -0.15) is 5.10 Å². The van der Waals surface area contributed by atoms with Gasteiger partial charge in [0.05, 0.1) is 36.2 Å². The molecule has 3 aromatic heterocycles. The Morgan fingerprint density at radius 1 is 1.00 bits per heavy atom. The molecular formula is C28H23N5O3S. The SMILES string of the molecule is COc1ccccc1C1CC(=O)C2C(=Nc3[nH]ncc3C2c2ccc(Sc3nc4ccccc4[nH]3)o2)C1. The monoisotopic (exact) mass is 509 g/mol. The van der Waals surface area contributed by atoms with Crippen LogP contribution < -0.4 is 4.74 Å². The third-order valence-corrected chi connectivity index (χ3v) is 8.04. The Morgan fingerprint density at radius 2 is 1.86 bits per heavy atom. The van der Waals surface area contributed by atoms with Crippen LogP contribution in [0.25, 0.3) is 11.0 Å². The summed E-state index contributed by atoms with van der Waals surface area (Å²) in [5.74, 6) is 1.71. The van der Waals surface area contributed by atoms with Gasteiger partial charge in [0, 0.05) is 17.7 Å². The van der Waals surface area contributed by atoms with Crippen LogP contribution in [0.4, 0.5) is 5.82 Å². The number of benzene rings is 2. The summed E-state index contributed by atoms with van der Waals surface area (Å²) in [6.45, 7) is 0. The van der Waals surface area contributed by atoms with E-state index in [0.717, 1.165) is 44.5 Å². The maximum atomic E-state index is 13.7. The number of aromatic amines is 2. The van der Waals surface area contributed by atoms with E-state index in [2.05, 4.69) is 20.2 Å². The zero-order valence-electron chi connectivity index (χ0n) is 20.0.